The van der Waals surface area contributed by atoms with Gasteiger partial charge in [0, 0.05) is 17.8 Å². The average Bonchev–Trinajstić information content (AvgIpc) is 3.33. The minimum atomic E-state index is -0.471. The van der Waals surface area contributed by atoms with E-state index in [0.717, 1.165) is 4.90 Å². The van der Waals surface area contributed by atoms with E-state index in [1.54, 1.807) is 19.1 Å². The summed E-state index contributed by atoms with van der Waals surface area (Å²) in [7, 11) is 0. The van der Waals surface area contributed by atoms with Crippen LogP contribution in [0.5, 0.6) is 0 Å². The fraction of sp³-hybridized carbons (Fsp3) is 0.136. The van der Waals surface area contributed by atoms with Crippen molar-refractivity contribution in [3.63, 3.8) is 0 Å². The van der Waals surface area contributed by atoms with Crippen LogP contribution < -0.4 is 4.90 Å². The molecule has 29 heavy (non-hydrogen) atoms. The van der Waals surface area contributed by atoms with E-state index >= 15 is 0 Å². The smallest absolute Gasteiger partial charge is 0.261 e. The zero-order valence-electron chi connectivity index (χ0n) is 15.6. The molecule has 0 atom stereocenters. The number of carbonyl (C=O) groups is 3. The van der Waals surface area contributed by atoms with Crippen LogP contribution in [0.3, 0.4) is 0 Å². The van der Waals surface area contributed by atoms with Crippen molar-refractivity contribution < 1.29 is 23.2 Å². The lowest BCUT2D eigenvalue weighted by molar-refractivity contribution is 0.0631. The van der Waals surface area contributed by atoms with Gasteiger partial charge in [0.2, 0.25) is 0 Å². The summed E-state index contributed by atoms with van der Waals surface area (Å²) in [5.74, 6) is -1.14. The molecular formula is C22H17FN2O4. The minimum absolute atomic E-state index is 0.0271. The first kappa shape index (κ1) is 18.6. The highest BCUT2D eigenvalue weighted by molar-refractivity contribution is 6.22. The Labute approximate surface area is 166 Å². The number of rotatable bonds is 5. The zero-order valence-corrected chi connectivity index (χ0v) is 15.6. The molecule has 4 rings (SSSR count). The monoisotopic (exact) mass is 392 g/mol. The Balaban J connectivity index is 1.62. The van der Waals surface area contributed by atoms with Gasteiger partial charge >= 0.3 is 0 Å². The van der Waals surface area contributed by atoms with Crippen molar-refractivity contribution in [2.24, 2.45) is 0 Å². The maximum absolute atomic E-state index is 13.2. The third-order valence-corrected chi connectivity index (χ3v) is 4.81. The molecular weight excluding hydrogens is 375 g/mol. The quantitative estimate of drug-likeness (QED) is 0.618. The number of fused-ring (bicyclic) bond motifs is 1. The highest BCUT2D eigenvalue weighted by atomic mass is 19.1. The van der Waals surface area contributed by atoms with Crippen LogP contribution in [0, 0.1) is 5.82 Å². The molecule has 3 amide bonds. The number of carbonyl (C=O) groups excluding carboxylic acids is 3. The summed E-state index contributed by atoms with van der Waals surface area (Å²) < 4.78 is 18.4. The van der Waals surface area contributed by atoms with Crippen LogP contribution in [0.1, 0.15) is 43.8 Å². The van der Waals surface area contributed by atoms with E-state index in [4.69, 9.17) is 4.42 Å². The standard InChI is InChI=1S/C22H17FN2O4/c1-2-24(16-8-6-15(23)7-9-16)20(26)14-5-10-18-19(12-14)22(28)25(21(18)27)13-17-4-3-11-29-17/h3-12H,2,13H2,1H3. The van der Waals surface area contributed by atoms with Crippen molar-refractivity contribution in [3.05, 3.63) is 89.1 Å². The molecule has 0 bridgehead atoms. The first-order valence-corrected chi connectivity index (χ1v) is 9.09. The predicted molar refractivity (Wildman–Crippen MR) is 103 cm³/mol. The number of imide groups is 1. The van der Waals surface area contributed by atoms with E-state index in [-0.39, 0.29) is 29.1 Å². The molecule has 0 fully saturated rings. The van der Waals surface area contributed by atoms with Crippen LogP contribution in [0.15, 0.2) is 65.3 Å². The Morgan fingerprint density at radius 3 is 2.41 bits per heavy atom. The Kier molecular flexibility index (Phi) is 4.72. The van der Waals surface area contributed by atoms with Gasteiger partial charge in [-0.15, -0.1) is 0 Å². The molecule has 0 saturated carbocycles. The maximum Gasteiger partial charge on any atom is 0.261 e. The van der Waals surface area contributed by atoms with Gasteiger partial charge in [-0.1, -0.05) is 0 Å². The molecule has 0 unspecified atom stereocenters. The van der Waals surface area contributed by atoms with Gasteiger partial charge in [-0.3, -0.25) is 19.3 Å². The highest BCUT2D eigenvalue weighted by Gasteiger charge is 2.36. The normalized spacial score (nSPS) is 13.0. The molecule has 1 aliphatic heterocycles. The fourth-order valence-corrected chi connectivity index (χ4v) is 3.35. The number of nitrogens with zero attached hydrogens (tertiary/aromatic N) is 2. The molecule has 0 spiro atoms. The van der Waals surface area contributed by atoms with Crippen molar-refractivity contribution in [2.75, 3.05) is 11.4 Å². The SMILES string of the molecule is CCN(C(=O)c1ccc2c(c1)C(=O)N(Cc1ccco1)C2=O)c1ccc(F)cc1. The lowest BCUT2D eigenvalue weighted by Crippen LogP contribution is -2.30. The van der Waals surface area contributed by atoms with Crippen molar-refractivity contribution >= 4 is 23.4 Å². The van der Waals surface area contributed by atoms with Crippen LogP contribution in [-0.4, -0.2) is 29.2 Å². The van der Waals surface area contributed by atoms with E-state index in [1.165, 1.54) is 53.6 Å². The summed E-state index contributed by atoms with van der Waals surface area (Å²) in [6, 6.07) is 13.4. The first-order valence-electron chi connectivity index (χ1n) is 9.09. The molecule has 3 aromatic rings. The summed E-state index contributed by atoms with van der Waals surface area (Å²) >= 11 is 0. The topological polar surface area (TPSA) is 70.8 Å². The number of hydrogen-bond acceptors (Lipinski definition) is 4. The summed E-state index contributed by atoms with van der Waals surface area (Å²) in [6.07, 6.45) is 1.47. The molecule has 1 aliphatic rings. The summed E-state index contributed by atoms with van der Waals surface area (Å²) in [4.78, 5) is 40.9. The van der Waals surface area contributed by atoms with Gasteiger partial charge in [0.15, 0.2) is 0 Å². The fourth-order valence-electron chi connectivity index (χ4n) is 3.35. The van der Waals surface area contributed by atoms with Crippen LogP contribution in [-0.2, 0) is 6.54 Å². The van der Waals surface area contributed by atoms with Crippen molar-refractivity contribution in [2.45, 2.75) is 13.5 Å². The third-order valence-electron chi connectivity index (χ3n) is 4.81. The maximum atomic E-state index is 13.2. The van der Waals surface area contributed by atoms with Crippen molar-refractivity contribution in [3.8, 4) is 0 Å². The molecule has 6 nitrogen and oxygen atoms in total. The van der Waals surface area contributed by atoms with Crippen molar-refractivity contribution in [1.29, 1.82) is 0 Å². The Bertz CT molecular complexity index is 1090. The highest BCUT2D eigenvalue weighted by Crippen LogP contribution is 2.27. The summed E-state index contributed by atoms with van der Waals surface area (Å²) in [5.41, 5.74) is 1.25. The number of anilines is 1. The third kappa shape index (κ3) is 3.31. The largest absolute Gasteiger partial charge is 0.467 e. The molecule has 0 saturated heterocycles. The predicted octanol–water partition coefficient (Wildman–Crippen LogP) is 3.88. The van der Waals surface area contributed by atoms with Crippen LogP contribution in [0.25, 0.3) is 0 Å². The van der Waals surface area contributed by atoms with Gasteiger partial charge in [-0.2, -0.15) is 0 Å². The Morgan fingerprint density at radius 1 is 1.03 bits per heavy atom. The van der Waals surface area contributed by atoms with Crippen molar-refractivity contribution in [1.82, 2.24) is 4.90 Å². The van der Waals surface area contributed by atoms with E-state index in [9.17, 15) is 18.8 Å². The lowest BCUT2D eigenvalue weighted by Gasteiger charge is -2.21. The van der Waals surface area contributed by atoms with Gasteiger partial charge in [0.05, 0.1) is 23.9 Å². The molecule has 0 aliphatic carbocycles. The molecule has 146 valence electrons. The van der Waals surface area contributed by atoms with Gasteiger partial charge in [0.1, 0.15) is 11.6 Å². The zero-order chi connectivity index (χ0) is 20.5. The van der Waals surface area contributed by atoms with Gasteiger partial charge in [0.25, 0.3) is 17.7 Å². The number of amides is 3. The van der Waals surface area contributed by atoms with E-state index in [0.29, 0.717) is 18.0 Å². The van der Waals surface area contributed by atoms with E-state index in [2.05, 4.69) is 0 Å². The summed E-state index contributed by atoms with van der Waals surface area (Å²) in [6.45, 7) is 2.19. The second-order valence-electron chi connectivity index (χ2n) is 6.56. The van der Waals surface area contributed by atoms with Crippen LogP contribution in [0.4, 0.5) is 10.1 Å². The molecule has 7 heteroatoms. The molecule has 2 heterocycles. The van der Waals surface area contributed by atoms with E-state index < -0.39 is 17.6 Å². The van der Waals surface area contributed by atoms with E-state index in [1.807, 2.05) is 0 Å². The number of halogens is 1. The number of hydrogen-bond donors (Lipinski definition) is 0. The molecule has 1 aromatic heterocycles. The second kappa shape index (κ2) is 7.35. The molecule has 0 N–H and O–H groups in total. The van der Waals surface area contributed by atoms with Crippen LogP contribution >= 0.6 is 0 Å². The van der Waals surface area contributed by atoms with Gasteiger partial charge in [-0.25, -0.2) is 4.39 Å². The molecule has 0 radical (unpaired) electrons. The number of benzene rings is 2. The first-order chi connectivity index (χ1) is 14.0. The van der Waals surface area contributed by atoms with Gasteiger partial charge in [-0.05, 0) is 61.5 Å². The summed E-state index contributed by atoms with van der Waals surface area (Å²) in [5, 5.41) is 0. The molecule has 2 aromatic carbocycles. The lowest BCUT2D eigenvalue weighted by atomic mass is 10.0. The Hall–Kier alpha value is -3.74. The minimum Gasteiger partial charge on any atom is -0.467 e. The number of furan rings is 1. The van der Waals surface area contributed by atoms with Gasteiger partial charge < -0.3 is 9.32 Å². The van der Waals surface area contributed by atoms with Crippen LogP contribution in [0.2, 0.25) is 0 Å². The second-order valence-corrected chi connectivity index (χ2v) is 6.56. The Morgan fingerprint density at radius 2 is 1.76 bits per heavy atom. The average molecular weight is 392 g/mol.